The minimum absolute atomic E-state index is 0.0358. The first-order chi connectivity index (χ1) is 7.81. The molecule has 5 heteroatoms. The predicted molar refractivity (Wildman–Crippen MR) is 61.2 cm³/mol. The van der Waals surface area contributed by atoms with E-state index in [1.165, 1.54) is 6.42 Å². The van der Waals surface area contributed by atoms with Gasteiger partial charge in [-0.25, -0.2) is 0 Å². The van der Waals surface area contributed by atoms with Crippen LogP contribution in [0.5, 0.6) is 0 Å². The Morgan fingerprint density at radius 1 is 1.69 bits per heavy atom. The zero-order valence-corrected chi connectivity index (χ0v) is 9.57. The Hall–Kier alpha value is -1.36. The Bertz CT molecular complexity index is 330. The maximum absolute atomic E-state index is 12.1. The number of likely N-dealkylation sites (N-methyl/N-ethyl adjacent to an activating group) is 1. The second-order valence-electron chi connectivity index (χ2n) is 4.11. The highest BCUT2D eigenvalue weighted by molar-refractivity contribution is 5.92. The highest BCUT2D eigenvalue weighted by atomic mass is 16.2. The topological polar surface area (TPSA) is 61.0 Å². The number of H-pyrrole nitrogens is 1. The van der Waals surface area contributed by atoms with Crippen LogP contribution in [0, 0.1) is 0 Å². The van der Waals surface area contributed by atoms with Crippen molar-refractivity contribution in [2.75, 3.05) is 19.6 Å². The van der Waals surface area contributed by atoms with Gasteiger partial charge in [0, 0.05) is 25.3 Å². The van der Waals surface area contributed by atoms with E-state index in [1.54, 1.807) is 12.3 Å². The van der Waals surface area contributed by atoms with E-state index in [1.807, 2.05) is 11.8 Å². The molecule has 1 fully saturated rings. The van der Waals surface area contributed by atoms with Gasteiger partial charge in [0.1, 0.15) is 5.69 Å². The first-order valence-electron chi connectivity index (χ1n) is 5.83. The van der Waals surface area contributed by atoms with Gasteiger partial charge in [0.25, 0.3) is 5.91 Å². The zero-order chi connectivity index (χ0) is 11.4. The predicted octanol–water partition coefficient (Wildman–Crippen LogP) is 0.624. The van der Waals surface area contributed by atoms with Crippen LogP contribution in [0.25, 0.3) is 0 Å². The standard InChI is InChI=1S/C11H18N4O/c1-2-15(8-9-4-3-6-12-9)11(16)10-5-7-13-14-10/h5,7,9,12H,2-4,6,8H2,1H3,(H,13,14). The molecule has 2 heterocycles. The number of carbonyl (C=O) groups is 1. The first-order valence-corrected chi connectivity index (χ1v) is 5.83. The second kappa shape index (κ2) is 5.12. The normalized spacial score (nSPS) is 19.9. The lowest BCUT2D eigenvalue weighted by molar-refractivity contribution is 0.0745. The van der Waals surface area contributed by atoms with Crippen molar-refractivity contribution < 1.29 is 4.79 Å². The summed E-state index contributed by atoms with van der Waals surface area (Å²) in [6.45, 7) is 4.59. The van der Waals surface area contributed by atoms with Gasteiger partial charge in [-0.15, -0.1) is 0 Å². The average Bonchev–Trinajstić information content (AvgIpc) is 2.97. The molecule has 1 aromatic rings. The lowest BCUT2D eigenvalue weighted by atomic mass is 10.2. The molecule has 1 aliphatic rings. The molecule has 1 aliphatic heterocycles. The Labute approximate surface area is 95.2 Å². The van der Waals surface area contributed by atoms with Gasteiger partial charge in [0.15, 0.2) is 0 Å². The fraction of sp³-hybridized carbons (Fsp3) is 0.636. The number of rotatable bonds is 4. The number of hydrogen-bond donors (Lipinski definition) is 2. The van der Waals surface area contributed by atoms with E-state index in [-0.39, 0.29) is 5.91 Å². The number of aromatic amines is 1. The van der Waals surface area contributed by atoms with Crippen molar-refractivity contribution in [3.05, 3.63) is 18.0 Å². The summed E-state index contributed by atoms with van der Waals surface area (Å²) in [5, 5.41) is 9.92. The van der Waals surface area contributed by atoms with Gasteiger partial charge in [-0.3, -0.25) is 9.89 Å². The molecular weight excluding hydrogens is 204 g/mol. The van der Waals surface area contributed by atoms with Crippen molar-refractivity contribution in [1.82, 2.24) is 20.4 Å². The number of nitrogens with zero attached hydrogens (tertiary/aromatic N) is 2. The Balaban J connectivity index is 1.96. The molecule has 5 nitrogen and oxygen atoms in total. The molecule has 0 spiro atoms. The van der Waals surface area contributed by atoms with Crippen molar-refractivity contribution in [2.45, 2.75) is 25.8 Å². The molecule has 2 rings (SSSR count). The SMILES string of the molecule is CCN(CC1CCCN1)C(=O)c1ccn[nH]1. The number of nitrogens with one attached hydrogen (secondary N) is 2. The smallest absolute Gasteiger partial charge is 0.271 e. The van der Waals surface area contributed by atoms with Crippen molar-refractivity contribution in [3.8, 4) is 0 Å². The Morgan fingerprint density at radius 3 is 3.12 bits per heavy atom. The van der Waals surface area contributed by atoms with Crippen molar-refractivity contribution in [1.29, 1.82) is 0 Å². The minimum atomic E-state index is 0.0358. The molecule has 2 N–H and O–H groups in total. The number of carbonyl (C=O) groups excluding carboxylic acids is 1. The third kappa shape index (κ3) is 2.41. The van der Waals surface area contributed by atoms with E-state index in [2.05, 4.69) is 15.5 Å². The van der Waals surface area contributed by atoms with Crippen LogP contribution in [0.15, 0.2) is 12.3 Å². The third-order valence-electron chi connectivity index (χ3n) is 3.00. The fourth-order valence-corrected chi connectivity index (χ4v) is 2.08. The van der Waals surface area contributed by atoms with Gasteiger partial charge >= 0.3 is 0 Å². The summed E-state index contributed by atoms with van der Waals surface area (Å²) in [7, 11) is 0. The molecule has 0 aliphatic carbocycles. The summed E-state index contributed by atoms with van der Waals surface area (Å²) in [5.41, 5.74) is 0.569. The molecule has 0 aromatic carbocycles. The monoisotopic (exact) mass is 222 g/mol. The maximum Gasteiger partial charge on any atom is 0.271 e. The van der Waals surface area contributed by atoms with E-state index in [0.29, 0.717) is 11.7 Å². The minimum Gasteiger partial charge on any atom is -0.336 e. The molecule has 0 radical (unpaired) electrons. The van der Waals surface area contributed by atoms with Crippen molar-refractivity contribution >= 4 is 5.91 Å². The molecule has 1 saturated heterocycles. The number of hydrogen-bond acceptors (Lipinski definition) is 3. The highest BCUT2D eigenvalue weighted by Crippen LogP contribution is 2.09. The van der Waals surface area contributed by atoms with Crippen LogP contribution in [0.3, 0.4) is 0 Å². The molecule has 1 aromatic heterocycles. The molecular formula is C11H18N4O. The molecule has 1 unspecified atom stereocenters. The van der Waals surface area contributed by atoms with Gasteiger partial charge < -0.3 is 10.2 Å². The van der Waals surface area contributed by atoms with Crippen LogP contribution < -0.4 is 5.32 Å². The Morgan fingerprint density at radius 2 is 2.56 bits per heavy atom. The van der Waals surface area contributed by atoms with Crippen molar-refractivity contribution in [3.63, 3.8) is 0 Å². The number of aromatic nitrogens is 2. The largest absolute Gasteiger partial charge is 0.336 e. The van der Waals surface area contributed by atoms with E-state index in [4.69, 9.17) is 0 Å². The molecule has 0 saturated carbocycles. The summed E-state index contributed by atoms with van der Waals surface area (Å²) >= 11 is 0. The second-order valence-corrected chi connectivity index (χ2v) is 4.11. The van der Waals surface area contributed by atoms with E-state index in [9.17, 15) is 4.79 Å². The molecule has 1 amide bonds. The summed E-state index contributed by atoms with van der Waals surface area (Å²) < 4.78 is 0. The summed E-state index contributed by atoms with van der Waals surface area (Å²) in [4.78, 5) is 13.9. The van der Waals surface area contributed by atoms with Crippen molar-refractivity contribution in [2.24, 2.45) is 0 Å². The van der Waals surface area contributed by atoms with Gasteiger partial charge in [-0.1, -0.05) is 0 Å². The van der Waals surface area contributed by atoms with Crippen LogP contribution in [-0.2, 0) is 0 Å². The van der Waals surface area contributed by atoms with Crippen LogP contribution in [-0.4, -0.2) is 46.7 Å². The van der Waals surface area contributed by atoms with E-state index < -0.39 is 0 Å². The lowest BCUT2D eigenvalue weighted by Gasteiger charge is -2.23. The Kier molecular flexibility index (Phi) is 3.56. The maximum atomic E-state index is 12.1. The highest BCUT2D eigenvalue weighted by Gasteiger charge is 2.21. The lowest BCUT2D eigenvalue weighted by Crippen LogP contribution is -2.41. The van der Waals surface area contributed by atoms with Gasteiger partial charge in [0.05, 0.1) is 0 Å². The van der Waals surface area contributed by atoms with Crippen LogP contribution >= 0.6 is 0 Å². The van der Waals surface area contributed by atoms with Gasteiger partial charge in [0.2, 0.25) is 0 Å². The van der Waals surface area contributed by atoms with Gasteiger partial charge in [-0.2, -0.15) is 5.10 Å². The third-order valence-corrected chi connectivity index (χ3v) is 3.00. The summed E-state index contributed by atoms with van der Waals surface area (Å²) in [6, 6.07) is 2.17. The summed E-state index contributed by atoms with van der Waals surface area (Å²) in [6.07, 6.45) is 3.97. The van der Waals surface area contributed by atoms with Crippen LogP contribution in [0.2, 0.25) is 0 Å². The van der Waals surface area contributed by atoms with Crippen LogP contribution in [0.4, 0.5) is 0 Å². The molecule has 16 heavy (non-hydrogen) atoms. The zero-order valence-electron chi connectivity index (χ0n) is 9.57. The fourth-order valence-electron chi connectivity index (χ4n) is 2.08. The average molecular weight is 222 g/mol. The summed E-state index contributed by atoms with van der Waals surface area (Å²) in [5.74, 6) is 0.0358. The molecule has 0 bridgehead atoms. The molecule has 1 atom stereocenters. The number of amides is 1. The van der Waals surface area contributed by atoms with E-state index in [0.717, 1.165) is 26.1 Å². The quantitative estimate of drug-likeness (QED) is 0.785. The van der Waals surface area contributed by atoms with E-state index >= 15 is 0 Å². The first kappa shape index (κ1) is 11.1. The van der Waals surface area contributed by atoms with Crippen LogP contribution in [0.1, 0.15) is 30.3 Å². The van der Waals surface area contributed by atoms with Gasteiger partial charge in [-0.05, 0) is 32.4 Å². The molecule has 88 valence electrons.